The van der Waals surface area contributed by atoms with E-state index in [1.54, 1.807) is 12.1 Å². The van der Waals surface area contributed by atoms with Gasteiger partial charge in [-0.2, -0.15) is 5.10 Å². The second kappa shape index (κ2) is 2.44. The molecule has 0 aliphatic heterocycles. The molecular formula is C9H7N2O. The van der Waals surface area contributed by atoms with Crippen molar-refractivity contribution in [2.45, 2.75) is 6.92 Å². The van der Waals surface area contributed by atoms with Crippen LogP contribution >= 0.6 is 0 Å². The highest BCUT2D eigenvalue weighted by Crippen LogP contribution is 2.14. The number of carbonyl (C=O) groups is 1. The lowest BCUT2D eigenvalue weighted by Gasteiger charge is -1.87. The number of rotatable bonds is 1. The van der Waals surface area contributed by atoms with E-state index >= 15 is 0 Å². The van der Waals surface area contributed by atoms with Crippen LogP contribution in [0.4, 0.5) is 0 Å². The van der Waals surface area contributed by atoms with Crippen molar-refractivity contribution in [1.29, 1.82) is 0 Å². The zero-order valence-corrected chi connectivity index (χ0v) is 6.59. The summed E-state index contributed by atoms with van der Waals surface area (Å²) in [5, 5.41) is 7.53. The number of H-pyrrole nitrogens is 1. The first kappa shape index (κ1) is 7.03. The number of Topliss-reactive ketones (excluding diaryl/α,β-unsaturated/α-hetero) is 1. The van der Waals surface area contributed by atoms with Crippen LogP contribution < -0.4 is 0 Å². The van der Waals surface area contributed by atoms with E-state index in [-0.39, 0.29) is 5.78 Å². The predicted octanol–water partition coefficient (Wildman–Crippen LogP) is 1.57. The molecule has 2 aromatic rings. The second-order valence-electron chi connectivity index (χ2n) is 2.60. The van der Waals surface area contributed by atoms with Crippen molar-refractivity contribution >= 4 is 16.7 Å². The van der Waals surface area contributed by atoms with Gasteiger partial charge in [-0.25, -0.2) is 0 Å². The van der Waals surface area contributed by atoms with Crippen molar-refractivity contribution in [3.63, 3.8) is 0 Å². The Bertz CT molecular complexity index is 431. The molecule has 2 rings (SSSR count). The summed E-state index contributed by atoms with van der Waals surface area (Å²) in [6.45, 7) is 1.51. The number of aromatic amines is 1. The quantitative estimate of drug-likeness (QED) is 0.642. The van der Waals surface area contributed by atoms with Gasteiger partial charge in [0.25, 0.3) is 0 Å². The van der Waals surface area contributed by atoms with Crippen molar-refractivity contribution < 1.29 is 4.79 Å². The standard InChI is InChI=1S/C9H7N2O/c1-6(12)9-7-4-2-3-5-8(7)10-11-9/h2,4-5H,1H3,(H,10,11). The number of carbonyl (C=O) groups excluding carboxylic acids is 1. The van der Waals surface area contributed by atoms with E-state index in [2.05, 4.69) is 16.3 Å². The average molecular weight is 159 g/mol. The molecule has 0 aliphatic carbocycles. The smallest absolute Gasteiger partial charge is 0.180 e. The maximum atomic E-state index is 11.0. The number of hydrogen-bond donors (Lipinski definition) is 1. The van der Waals surface area contributed by atoms with Crippen molar-refractivity contribution in [2.75, 3.05) is 0 Å². The lowest BCUT2D eigenvalue weighted by Crippen LogP contribution is -1.91. The molecule has 0 bridgehead atoms. The van der Waals surface area contributed by atoms with Crippen molar-refractivity contribution in [3.05, 3.63) is 30.0 Å². The number of nitrogens with zero attached hydrogens (tertiary/aromatic N) is 1. The van der Waals surface area contributed by atoms with Gasteiger partial charge in [0.15, 0.2) is 5.78 Å². The van der Waals surface area contributed by atoms with Crippen LogP contribution in [-0.4, -0.2) is 16.0 Å². The van der Waals surface area contributed by atoms with E-state index in [1.165, 1.54) is 6.92 Å². The lowest BCUT2D eigenvalue weighted by atomic mass is 10.2. The molecule has 1 N–H and O–H groups in total. The molecule has 0 atom stereocenters. The Morgan fingerprint density at radius 1 is 1.67 bits per heavy atom. The van der Waals surface area contributed by atoms with E-state index in [0.29, 0.717) is 5.69 Å². The van der Waals surface area contributed by atoms with E-state index < -0.39 is 0 Å². The topological polar surface area (TPSA) is 45.8 Å². The minimum Gasteiger partial charge on any atom is -0.293 e. The molecule has 0 amide bonds. The largest absolute Gasteiger partial charge is 0.293 e. The summed E-state index contributed by atoms with van der Waals surface area (Å²) in [6.07, 6.45) is 0. The fourth-order valence-electron chi connectivity index (χ4n) is 1.17. The first-order chi connectivity index (χ1) is 5.79. The van der Waals surface area contributed by atoms with Crippen molar-refractivity contribution in [3.8, 4) is 0 Å². The summed E-state index contributed by atoms with van der Waals surface area (Å²) in [5.74, 6) is -0.0209. The molecular weight excluding hydrogens is 152 g/mol. The molecule has 3 nitrogen and oxygen atoms in total. The Labute approximate surface area is 69.4 Å². The molecule has 0 unspecified atom stereocenters. The highest BCUT2D eigenvalue weighted by atomic mass is 16.1. The summed E-state index contributed by atoms with van der Waals surface area (Å²) in [5.41, 5.74) is 1.35. The van der Waals surface area contributed by atoms with Crippen LogP contribution in [-0.2, 0) is 0 Å². The summed E-state index contributed by atoms with van der Waals surface area (Å²) in [4.78, 5) is 11.0. The lowest BCUT2D eigenvalue weighted by molar-refractivity contribution is 0.101. The minimum absolute atomic E-state index is 0.0209. The molecule has 3 heteroatoms. The van der Waals surface area contributed by atoms with E-state index in [0.717, 1.165) is 10.9 Å². The number of aromatic nitrogens is 2. The van der Waals surface area contributed by atoms with Crippen LogP contribution in [0.1, 0.15) is 17.4 Å². The third-order valence-corrected chi connectivity index (χ3v) is 1.74. The first-order valence-corrected chi connectivity index (χ1v) is 3.64. The Balaban J connectivity index is 2.79. The highest BCUT2D eigenvalue weighted by Gasteiger charge is 2.07. The van der Waals surface area contributed by atoms with Gasteiger partial charge in [0.2, 0.25) is 0 Å². The van der Waals surface area contributed by atoms with Gasteiger partial charge in [0, 0.05) is 12.3 Å². The monoisotopic (exact) mass is 159 g/mol. The number of hydrogen-bond acceptors (Lipinski definition) is 2. The zero-order valence-electron chi connectivity index (χ0n) is 6.59. The van der Waals surface area contributed by atoms with E-state index in [9.17, 15) is 4.79 Å². The molecule has 0 aliphatic rings. The molecule has 0 saturated heterocycles. The molecule has 1 heterocycles. The van der Waals surface area contributed by atoms with Crippen molar-refractivity contribution in [1.82, 2.24) is 10.2 Å². The fraction of sp³-hybridized carbons (Fsp3) is 0.111. The maximum absolute atomic E-state index is 11.0. The van der Waals surface area contributed by atoms with Gasteiger partial charge >= 0.3 is 0 Å². The van der Waals surface area contributed by atoms with Crippen molar-refractivity contribution in [2.24, 2.45) is 0 Å². The van der Waals surface area contributed by atoms with Crippen LogP contribution in [0.3, 0.4) is 0 Å². The molecule has 1 aromatic heterocycles. The van der Waals surface area contributed by atoms with Crippen LogP contribution in [0.15, 0.2) is 18.2 Å². The number of fused-ring (bicyclic) bond motifs is 1. The van der Waals surface area contributed by atoms with Gasteiger partial charge in [-0.15, -0.1) is 0 Å². The summed E-state index contributed by atoms with van der Waals surface area (Å²) >= 11 is 0. The maximum Gasteiger partial charge on any atom is 0.180 e. The molecule has 59 valence electrons. The van der Waals surface area contributed by atoms with Gasteiger partial charge in [0.1, 0.15) is 5.69 Å². The Kier molecular flexibility index (Phi) is 1.43. The molecule has 1 aromatic carbocycles. The third-order valence-electron chi connectivity index (χ3n) is 1.74. The normalized spacial score (nSPS) is 10.4. The Hall–Kier alpha value is -1.64. The molecule has 1 radical (unpaired) electrons. The summed E-state index contributed by atoms with van der Waals surface area (Å²) in [7, 11) is 0. The van der Waals surface area contributed by atoms with E-state index in [1.807, 2.05) is 6.07 Å². The van der Waals surface area contributed by atoms with Crippen LogP contribution in [0.5, 0.6) is 0 Å². The van der Waals surface area contributed by atoms with Gasteiger partial charge in [-0.05, 0) is 18.2 Å². The fourth-order valence-corrected chi connectivity index (χ4v) is 1.17. The number of nitrogens with one attached hydrogen (secondary N) is 1. The van der Waals surface area contributed by atoms with Crippen LogP contribution in [0.2, 0.25) is 0 Å². The van der Waals surface area contributed by atoms with Gasteiger partial charge in [-0.3, -0.25) is 9.89 Å². The Morgan fingerprint density at radius 2 is 2.50 bits per heavy atom. The average Bonchev–Trinajstić information content (AvgIpc) is 2.47. The first-order valence-electron chi connectivity index (χ1n) is 3.64. The van der Waals surface area contributed by atoms with E-state index in [4.69, 9.17) is 0 Å². The van der Waals surface area contributed by atoms with Gasteiger partial charge in [-0.1, -0.05) is 6.07 Å². The van der Waals surface area contributed by atoms with Crippen LogP contribution in [0, 0.1) is 6.07 Å². The summed E-state index contributed by atoms with van der Waals surface area (Å²) in [6, 6.07) is 8.27. The number of benzene rings is 1. The predicted molar refractivity (Wildman–Crippen MR) is 44.9 cm³/mol. The SMILES string of the molecule is CC(=O)c1n[nH]c2c[c]ccc12. The molecule has 0 saturated carbocycles. The highest BCUT2D eigenvalue weighted by molar-refractivity contribution is 6.04. The zero-order chi connectivity index (χ0) is 8.55. The van der Waals surface area contributed by atoms with Gasteiger partial charge < -0.3 is 0 Å². The van der Waals surface area contributed by atoms with Gasteiger partial charge in [0.05, 0.1) is 5.52 Å². The minimum atomic E-state index is -0.0209. The number of ketones is 1. The molecule has 0 spiro atoms. The molecule has 0 fully saturated rings. The van der Waals surface area contributed by atoms with Crippen LogP contribution in [0.25, 0.3) is 10.9 Å². The Morgan fingerprint density at radius 3 is 3.25 bits per heavy atom. The summed E-state index contributed by atoms with van der Waals surface area (Å²) < 4.78 is 0. The molecule has 12 heavy (non-hydrogen) atoms. The second-order valence-corrected chi connectivity index (χ2v) is 2.60. The third kappa shape index (κ3) is 0.906.